The molecule has 0 fully saturated rings. The van der Waals surface area contributed by atoms with Crippen molar-refractivity contribution in [2.45, 2.75) is 33.1 Å². The van der Waals surface area contributed by atoms with E-state index in [1.165, 1.54) is 5.56 Å². The molecular weight excluding hydrogens is 340 g/mol. The van der Waals surface area contributed by atoms with Crippen LogP contribution in [0.3, 0.4) is 0 Å². The van der Waals surface area contributed by atoms with Crippen LogP contribution in [0.25, 0.3) is 21.8 Å². The first-order chi connectivity index (χ1) is 12.5. The molecule has 0 radical (unpaired) electrons. The molecule has 0 amide bonds. The molecule has 4 aromatic rings. The number of nitrogens with one attached hydrogen (secondary N) is 1. The molecule has 4 heteroatoms. The van der Waals surface area contributed by atoms with Gasteiger partial charge in [-0.15, -0.1) is 0 Å². The van der Waals surface area contributed by atoms with Crippen LogP contribution in [0.5, 0.6) is 0 Å². The fourth-order valence-corrected chi connectivity index (χ4v) is 4.89. The molecule has 1 aliphatic rings. The van der Waals surface area contributed by atoms with Gasteiger partial charge in [-0.3, -0.25) is 9.78 Å². The number of carbonyl (C=O) groups is 1. The summed E-state index contributed by atoms with van der Waals surface area (Å²) in [6, 6.07) is 10.4. The van der Waals surface area contributed by atoms with Gasteiger partial charge in [0.1, 0.15) is 0 Å². The first kappa shape index (κ1) is 15.8. The Bertz CT molecular complexity index is 1150. The lowest BCUT2D eigenvalue weighted by atomic mass is 9.74. The van der Waals surface area contributed by atoms with E-state index in [2.05, 4.69) is 47.8 Å². The molecule has 0 unspecified atom stereocenters. The van der Waals surface area contributed by atoms with Crippen molar-refractivity contribution in [3.8, 4) is 0 Å². The summed E-state index contributed by atoms with van der Waals surface area (Å²) in [4.78, 5) is 21.6. The fraction of sp³-hybridized carbons (Fsp3) is 0.273. The Kier molecular flexibility index (Phi) is 3.35. The number of aromatic nitrogens is 2. The number of hydrogen-bond donors (Lipinski definition) is 1. The third kappa shape index (κ3) is 2.40. The summed E-state index contributed by atoms with van der Waals surface area (Å²) in [7, 11) is 0. The molecule has 0 bridgehead atoms. The van der Waals surface area contributed by atoms with Crippen molar-refractivity contribution in [2.24, 2.45) is 5.41 Å². The lowest BCUT2D eigenvalue weighted by Crippen LogP contribution is -2.28. The minimum Gasteiger partial charge on any atom is -0.353 e. The van der Waals surface area contributed by atoms with Gasteiger partial charge in [0.2, 0.25) is 0 Å². The number of nitrogens with zero attached hydrogens (tertiary/aromatic N) is 1. The van der Waals surface area contributed by atoms with Crippen LogP contribution in [0.1, 0.15) is 47.6 Å². The maximum absolute atomic E-state index is 13.0. The fourth-order valence-electron chi connectivity index (χ4n) is 4.22. The van der Waals surface area contributed by atoms with Crippen molar-refractivity contribution in [1.82, 2.24) is 9.97 Å². The summed E-state index contributed by atoms with van der Waals surface area (Å²) < 4.78 is 0. The molecule has 0 aliphatic heterocycles. The predicted molar refractivity (Wildman–Crippen MR) is 107 cm³/mol. The van der Waals surface area contributed by atoms with Crippen LogP contribution in [-0.4, -0.2) is 15.8 Å². The number of para-hydroxylation sites is 1. The van der Waals surface area contributed by atoms with Crippen molar-refractivity contribution in [2.75, 3.05) is 0 Å². The molecule has 5 rings (SSSR count). The quantitative estimate of drug-likeness (QED) is 0.511. The van der Waals surface area contributed by atoms with E-state index in [1.54, 1.807) is 11.3 Å². The Balaban J connectivity index is 1.85. The monoisotopic (exact) mass is 360 g/mol. The van der Waals surface area contributed by atoms with Crippen LogP contribution in [0.4, 0.5) is 0 Å². The smallest absolute Gasteiger partial charge is 0.165 e. The molecule has 0 atom stereocenters. The average Bonchev–Trinajstić information content (AvgIpc) is 3.21. The van der Waals surface area contributed by atoms with Crippen LogP contribution in [0.2, 0.25) is 0 Å². The van der Waals surface area contributed by atoms with E-state index in [0.29, 0.717) is 6.42 Å². The van der Waals surface area contributed by atoms with Crippen LogP contribution in [0.15, 0.2) is 41.1 Å². The highest BCUT2D eigenvalue weighted by molar-refractivity contribution is 7.07. The number of H-pyrrole nitrogens is 1. The molecule has 130 valence electrons. The molecule has 1 aromatic carbocycles. The van der Waals surface area contributed by atoms with E-state index in [0.717, 1.165) is 51.6 Å². The highest BCUT2D eigenvalue weighted by Crippen LogP contribution is 2.40. The molecule has 3 heterocycles. The number of thiophene rings is 1. The maximum atomic E-state index is 13.0. The Labute approximate surface area is 156 Å². The second kappa shape index (κ2) is 5.52. The van der Waals surface area contributed by atoms with E-state index in [1.807, 2.05) is 12.1 Å². The largest absolute Gasteiger partial charge is 0.353 e. The second-order valence-electron chi connectivity index (χ2n) is 8.05. The summed E-state index contributed by atoms with van der Waals surface area (Å²) in [6.45, 7) is 4.32. The molecule has 0 spiro atoms. The van der Waals surface area contributed by atoms with Crippen molar-refractivity contribution in [1.29, 1.82) is 0 Å². The Hall–Kier alpha value is -2.46. The van der Waals surface area contributed by atoms with E-state index >= 15 is 0 Å². The maximum Gasteiger partial charge on any atom is 0.165 e. The lowest BCUT2D eigenvalue weighted by molar-refractivity contribution is 0.0912. The predicted octanol–water partition coefficient (Wildman–Crippen LogP) is 5.52. The molecule has 1 N–H and O–H groups in total. The number of rotatable bonds is 2. The van der Waals surface area contributed by atoms with Gasteiger partial charge in [-0.1, -0.05) is 32.0 Å². The van der Waals surface area contributed by atoms with E-state index in [9.17, 15) is 4.79 Å². The topological polar surface area (TPSA) is 45.8 Å². The SMILES string of the molecule is CC1(C)CC(=O)c2c(nc(Cc3ccsc3)c3[nH]c4ccccc4c23)C1. The molecule has 0 saturated carbocycles. The van der Waals surface area contributed by atoms with E-state index in [-0.39, 0.29) is 11.2 Å². The molecule has 3 nitrogen and oxygen atoms in total. The zero-order valence-corrected chi connectivity index (χ0v) is 15.7. The number of aromatic amines is 1. The standard InChI is InChI=1S/C22H20N2OS/c1-22(2)10-17-20(18(25)11-22)19-14-5-3-4-6-15(14)24-21(19)16(23-17)9-13-7-8-26-12-13/h3-8,12,24H,9-11H2,1-2H3. The summed E-state index contributed by atoms with van der Waals surface area (Å²) in [5.41, 5.74) is 6.17. The van der Waals surface area contributed by atoms with Gasteiger partial charge in [0.05, 0.1) is 16.9 Å². The van der Waals surface area contributed by atoms with Gasteiger partial charge in [-0.25, -0.2) is 0 Å². The van der Waals surface area contributed by atoms with Crippen LogP contribution in [-0.2, 0) is 12.8 Å². The van der Waals surface area contributed by atoms with Crippen molar-refractivity contribution < 1.29 is 4.79 Å². The van der Waals surface area contributed by atoms with Gasteiger partial charge in [0, 0.05) is 34.7 Å². The number of pyridine rings is 1. The normalized spacial score (nSPS) is 16.3. The molecular formula is C22H20N2OS. The average molecular weight is 360 g/mol. The second-order valence-corrected chi connectivity index (χ2v) is 8.83. The molecule has 3 aromatic heterocycles. The van der Waals surface area contributed by atoms with Crippen LogP contribution < -0.4 is 0 Å². The first-order valence-corrected chi connectivity index (χ1v) is 9.92. The van der Waals surface area contributed by atoms with Crippen molar-refractivity contribution in [3.05, 3.63) is 63.6 Å². The third-order valence-corrected chi connectivity index (χ3v) is 6.05. The Morgan fingerprint density at radius 3 is 2.85 bits per heavy atom. The molecule has 1 aliphatic carbocycles. The number of carbonyl (C=O) groups excluding carboxylic acids is 1. The summed E-state index contributed by atoms with van der Waals surface area (Å²) in [5, 5.41) is 6.46. The summed E-state index contributed by atoms with van der Waals surface area (Å²) >= 11 is 1.71. The number of ketones is 1. The first-order valence-electron chi connectivity index (χ1n) is 8.98. The van der Waals surface area contributed by atoms with E-state index in [4.69, 9.17) is 4.98 Å². The highest BCUT2D eigenvalue weighted by Gasteiger charge is 2.34. The summed E-state index contributed by atoms with van der Waals surface area (Å²) in [5.74, 6) is 0.223. The number of benzene rings is 1. The van der Waals surface area contributed by atoms with Gasteiger partial charge in [-0.05, 0) is 40.3 Å². The van der Waals surface area contributed by atoms with Gasteiger partial charge >= 0.3 is 0 Å². The number of hydrogen-bond acceptors (Lipinski definition) is 3. The van der Waals surface area contributed by atoms with Gasteiger partial charge in [-0.2, -0.15) is 11.3 Å². The third-order valence-electron chi connectivity index (χ3n) is 5.32. The van der Waals surface area contributed by atoms with Gasteiger partial charge < -0.3 is 4.98 Å². The van der Waals surface area contributed by atoms with E-state index < -0.39 is 0 Å². The highest BCUT2D eigenvalue weighted by atomic mass is 32.1. The van der Waals surface area contributed by atoms with Crippen molar-refractivity contribution in [3.63, 3.8) is 0 Å². The zero-order valence-electron chi connectivity index (χ0n) is 14.9. The van der Waals surface area contributed by atoms with Crippen LogP contribution >= 0.6 is 11.3 Å². The Morgan fingerprint density at radius 2 is 2.04 bits per heavy atom. The van der Waals surface area contributed by atoms with Crippen molar-refractivity contribution >= 4 is 38.9 Å². The number of fused-ring (bicyclic) bond motifs is 5. The Morgan fingerprint density at radius 1 is 1.19 bits per heavy atom. The van der Waals surface area contributed by atoms with Crippen LogP contribution in [0, 0.1) is 5.41 Å². The minimum absolute atomic E-state index is 0.0312. The zero-order chi connectivity index (χ0) is 17.9. The lowest BCUT2D eigenvalue weighted by Gasteiger charge is -2.30. The summed E-state index contributed by atoms with van der Waals surface area (Å²) in [6.07, 6.45) is 2.22. The molecule has 0 saturated heterocycles. The minimum atomic E-state index is -0.0312. The van der Waals surface area contributed by atoms with Gasteiger partial charge in [0.15, 0.2) is 5.78 Å². The molecule has 26 heavy (non-hydrogen) atoms. The van der Waals surface area contributed by atoms with Gasteiger partial charge in [0.25, 0.3) is 0 Å². The number of Topliss-reactive ketones (excluding diaryl/α,β-unsaturated/α-hetero) is 1.